The number of nitrogens with zero attached hydrogens (tertiary/aromatic N) is 1. The van der Waals surface area contributed by atoms with Gasteiger partial charge in [-0.05, 0) is 18.1 Å². The van der Waals surface area contributed by atoms with Gasteiger partial charge in [-0.2, -0.15) is 0 Å². The molecule has 0 saturated carbocycles. The van der Waals surface area contributed by atoms with E-state index in [-0.39, 0.29) is 5.91 Å². The zero-order valence-corrected chi connectivity index (χ0v) is 10.6. The van der Waals surface area contributed by atoms with Crippen molar-refractivity contribution in [3.05, 3.63) is 36.0 Å². The van der Waals surface area contributed by atoms with Gasteiger partial charge in [-0.25, -0.2) is 0 Å². The minimum absolute atomic E-state index is 0.275. The van der Waals surface area contributed by atoms with E-state index >= 15 is 0 Å². The zero-order valence-electron chi connectivity index (χ0n) is 10.6. The molecule has 3 heteroatoms. The van der Waals surface area contributed by atoms with Gasteiger partial charge in [0.25, 0.3) is 0 Å². The fraction of sp³-hybridized carbons (Fsp3) is 0.400. The van der Waals surface area contributed by atoms with E-state index in [9.17, 15) is 4.79 Å². The molecule has 0 bridgehead atoms. The minimum Gasteiger partial charge on any atom is -0.361 e. The van der Waals surface area contributed by atoms with Crippen molar-refractivity contribution in [2.75, 3.05) is 13.1 Å². The molecule has 3 nitrogen and oxygen atoms in total. The number of aromatic nitrogens is 1. The Morgan fingerprint density at radius 2 is 2.28 bits per heavy atom. The molecule has 1 aromatic heterocycles. The number of hydrogen-bond donors (Lipinski definition) is 1. The highest BCUT2D eigenvalue weighted by Crippen LogP contribution is 2.32. The third-order valence-electron chi connectivity index (χ3n) is 3.90. The molecular formula is C15H18N2O. The number of H-pyrrole nitrogens is 1. The van der Waals surface area contributed by atoms with E-state index in [0.29, 0.717) is 12.3 Å². The van der Waals surface area contributed by atoms with Gasteiger partial charge in [0.05, 0.1) is 0 Å². The Kier molecular flexibility index (Phi) is 2.82. The van der Waals surface area contributed by atoms with Crippen LogP contribution in [0.5, 0.6) is 0 Å². The summed E-state index contributed by atoms with van der Waals surface area (Å²) in [5.74, 6) is 0.758. The molecule has 1 aliphatic rings. The number of amides is 1. The Balaban J connectivity index is 1.86. The number of likely N-dealkylation sites (tertiary alicyclic amines) is 1. The monoisotopic (exact) mass is 242 g/mol. The van der Waals surface area contributed by atoms with Crippen LogP contribution in [0, 0.1) is 0 Å². The highest BCUT2D eigenvalue weighted by molar-refractivity contribution is 5.84. The molecule has 1 amide bonds. The topological polar surface area (TPSA) is 36.1 Å². The molecule has 2 aromatic rings. The quantitative estimate of drug-likeness (QED) is 0.863. The number of para-hydroxylation sites is 1. The van der Waals surface area contributed by atoms with Gasteiger partial charge in [0.2, 0.25) is 5.91 Å². The first kappa shape index (κ1) is 11.3. The van der Waals surface area contributed by atoms with E-state index in [0.717, 1.165) is 19.5 Å². The van der Waals surface area contributed by atoms with Crippen LogP contribution in [-0.4, -0.2) is 28.9 Å². The normalized spacial score (nSPS) is 19.6. The second-order valence-electron chi connectivity index (χ2n) is 4.97. The number of aromatic amines is 1. The summed E-state index contributed by atoms with van der Waals surface area (Å²) < 4.78 is 0. The average molecular weight is 242 g/mol. The molecule has 2 heterocycles. The van der Waals surface area contributed by atoms with Crippen LogP contribution < -0.4 is 0 Å². The molecule has 1 saturated heterocycles. The lowest BCUT2D eigenvalue weighted by atomic mass is 9.98. The summed E-state index contributed by atoms with van der Waals surface area (Å²) in [6, 6.07) is 8.38. The second-order valence-corrected chi connectivity index (χ2v) is 4.97. The van der Waals surface area contributed by atoms with Gasteiger partial charge in [-0.15, -0.1) is 0 Å². The second kappa shape index (κ2) is 4.48. The summed E-state index contributed by atoms with van der Waals surface area (Å²) >= 11 is 0. The number of fused-ring (bicyclic) bond motifs is 1. The lowest BCUT2D eigenvalue weighted by Crippen LogP contribution is -2.27. The van der Waals surface area contributed by atoms with Crippen molar-refractivity contribution in [1.82, 2.24) is 9.88 Å². The van der Waals surface area contributed by atoms with Crippen molar-refractivity contribution >= 4 is 16.8 Å². The van der Waals surface area contributed by atoms with Crippen LogP contribution in [0.25, 0.3) is 10.9 Å². The molecule has 0 aliphatic carbocycles. The summed E-state index contributed by atoms with van der Waals surface area (Å²) in [5.41, 5.74) is 2.55. The zero-order chi connectivity index (χ0) is 12.5. The molecular weight excluding hydrogens is 224 g/mol. The van der Waals surface area contributed by atoms with Crippen LogP contribution in [0.1, 0.15) is 31.2 Å². The lowest BCUT2D eigenvalue weighted by Gasteiger charge is -2.15. The van der Waals surface area contributed by atoms with E-state index in [1.807, 2.05) is 17.9 Å². The predicted octanol–water partition coefficient (Wildman–Crippen LogP) is 2.89. The molecule has 18 heavy (non-hydrogen) atoms. The van der Waals surface area contributed by atoms with Gasteiger partial charge in [-0.3, -0.25) is 4.79 Å². The Hall–Kier alpha value is -1.77. The largest absolute Gasteiger partial charge is 0.361 e. The maximum atomic E-state index is 11.7. The molecule has 0 radical (unpaired) electrons. The first-order valence-electron chi connectivity index (χ1n) is 6.63. The predicted molar refractivity (Wildman–Crippen MR) is 72.5 cm³/mol. The molecule has 0 spiro atoms. The van der Waals surface area contributed by atoms with Gasteiger partial charge in [0, 0.05) is 42.5 Å². The average Bonchev–Trinajstić information content (AvgIpc) is 3.03. The van der Waals surface area contributed by atoms with Crippen LogP contribution in [0.3, 0.4) is 0 Å². The molecule has 1 N–H and O–H groups in total. The number of hydrogen-bond acceptors (Lipinski definition) is 1. The molecule has 3 rings (SSSR count). The molecule has 1 unspecified atom stereocenters. The number of carbonyl (C=O) groups is 1. The van der Waals surface area contributed by atoms with E-state index < -0.39 is 0 Å². The van der Waals surface area contributed by atoms with E-state index in [1.165, 1.54) is 16.5 Å². The van der Waals surface area contributed by atoms with Gasteiger partial charge in [0.1, 0.15) is 0 Å². The highest BCUT2D eigenvalue weighted by atomic mass is 16.2. The van der Waals surface area contributed by atoms with Crippen LogP contribution in [-0.2, 0) is 4.79 Å². The van der Waals surface area contributed by atoms with Crippen molar-refractivity contribution in [2.45, 2.75) is 25.7 Å². The SMILES string of the molecule is CCC(=O)N1CCC(c2c[nH]c3ccccc23)C1. The van der Waals surface area contributed by atoms with Crippen molar-refractivity contribution in [2.24, 2.45) is 0 Å². The summed E-state index contributed by atoms with van der Waals surface area (Å²) in [7, 11) is 0. The molecule has 1 aliphatic heterocycles. The van der Waals surface area contributed by atoms with Crippen molar-refractivity contribution in [1.29, 1.82) is 0 Å². The number of nitrogens with one attached hydrogen (secondary N) is 1. The van der Waals surface area contributed by atoms with Gasteiger partial charge < -0.3 is 9.88 Å². The molecule has 94 valence electrons. The van der Waals surface area contributed by atoms with Gasteiger partial charge in [-0.1, -0.05) is 25.1 Å². The van der Waals surface area contributed by atoms with Crippen molar-refractivity contribution < 1.29 is 4.79 Å². The van der Waals surface area contributed by atoms with Crippen molar-refractivity contribution in [3.8, 4) is 0 Å². The standard InChI is InChI=1S/C15H18N2O/c1-2-15(18)17-8-7-11(10-17)13-9-16-14-6-4-3-5-12(13)14/h3-6,9,11,16H,2,7-8,10H2,1H3. The fourth-order valence-electron chi connectivity index (χ4n) is 2.90. The van der Waals surface area contributed by atoms with Crippen LogP contribution >= 0.6 is 0 Å². The third-order valence-corrected chi connectivity index (χ3v) is 3.90. The van der Waals surface area contributed by atoms with Crippen LogP contribution in [0.2, 0.25) is 0 Å². The smallest absolute Gasteiger partial charge is 0.222 e. The first-order chi connectivity index (χ1) is 8.79. The maximum Gasteiger partial charge on any atom is 0.222 e. The summed E-state index contributed by atoms with van der Waals surface area (Å²) in [6.07, 6.45) is 3.80. The Labute approximate surface area is 107 Å². The minimum atomic E-state index is 0.275. The van der Waals surface area contributed by atoms with Crippen LogP contribution in [0.4, 0.5) is 0 Å². The number of rotatable bonds is 2. The van der Waals surface area contributed by atoms with Gasteiger partial charge >= 0.3 is 0 Å². The lowest BCUT2D eigenvalue weighted by molar-refractivity contribution is -0.129. The Bertz CT molecular complexity index is 573. The number of carbonyl (C=O) groups excluding carboxylic acids is 1. The molecule has 1 atom stereocenters. The Morgan fingerprint density at radius 3 is 3.11 bits per heavy atom. The van der Waals surface area contributed by atoms with Crippen molar-refractivity contribution in [3.63, 3.8) is 0 Å². The molecule has 1 aromatic carbocycles. The van der Waals surface area contributed by atoms with Gasteiger partial charge in [0.15, 0.2) is 0 Å². The first-order valence-corrected chi connectivity index (χ1v) is 6.63. The summed E-state index contributed by atoms with van der Waals surface area (Å²) in [5, 5.41) is 1.30. The van der Waals surface area contributed by atoms with E-state index in [4.69, 9.17) is 0 Å². The van der Waals surface area contributed by atoms with E-state index in [2.05, 4.69) is 29.4 Å². The molecule has 1 fully saturated rings. The summed E-state index contributed by atoms with van der Waals surface area (Å²) in [6.45, 7) is 3.70. The third kappa shape index (κ3) is 1.80. The van der Waals surface area contributed by atoms with Crippen LogP contribution in [0.15, 0.2) is 30.5 Å². The highest BCUT2D eigenvalue weighted by Gasteiger charge is 2.27. The fourth-order valence-corrected chi connectivity index (χ4v) is 2.90. The van der Waals surface area contributed by atoms with E-state index in [1.54, 1.807) is 0 Å². The number of benzene rings is 1. The Morgan fingerprint density at radius 1 is 1.44 bits per heavy atom. The summed E-state index contributed by atoms with van der Waals surface area (Å²) in [4.78, 5) is 17.0. The maximum absolute atomic E-state index is 11.7.